The second-order valence-electron chi connectivity index (χ2n) is 5.79. The molecule has 0 aliphatic carbocycles. The molecule has 2 heterocycles. The summed E-state index contributed by atoms with van der Waals surface area (Å²) in [5.74, 6) is 8.54. The van der Waals surface area contributed by atoms with E-state index in [0.29, 0.717) is 23.6 Å². The third-order valence-corrected chi connectivity index (χ3v) is 3.97. The van der Waals surface area contributed by atoms with Crippen molar-refractivity contribution in [3.05, 3.63) is 36.4 Å². The summed E-state index contributed by atoms with van der Waals surface area (Å²) in [5.41, 5.74) is 3.65. The Labute approximate surface area is 125 Å². The molecule has 3 N–H and O–H groups in total. The second kappa shape index (κ2) is 5.69. The maximum Gasteiger partial charge on any atom is 0.163 e. The van der Waals surface area contributed by atoms with Crippen LogP contribution in [0.3, 0.4) is 0 Å². The predicted octanol–water partition coefficient (Wildman–Crippen LogP) is 2.66. The van der Waals surface area contributed by atoms with Gasteiger partial charge >= 0.3 is 0 Å². The Hall–Kier alpha value is -2.14. The zero-order chi connectivity index (χ0) is 14.8. The molecule has 1 aromatic heterocycles. The van der Waals surface area contributed by atoms with Crippen LogP contribution in [0.2, 0.25) is 0 Å². The highest BCUT2D eigenvalue weighted by atomic mass is 15.3. The second-order valence-corrected chi connectivity index (χ2v) is 5.79. The molecule has 1 aliphatic rings. The van der Waals surface area contributed by atoms with Crippen molar-refractivity contribution in [2.24, 2.45) is 11.8 Å². The Bertz CT molecular complexity index is 613. The minimum Gasteiger partial charge on any atom is -0.353 e. The van der Waals surface area contributed by atoms with Gasteiger partial charge in [-0.25, -0.2) is 15.8 Å². The summed E-state index contributed by atoms with van der Waals surface area (Å²) in [6.07, 6.45) is 1.19. The summed E-state index contributed by atoms with van der Waals surface area (Å²) in [7, 11) is 0. The van der Waals surface area contributed by atoms with Gasteiger partial charge < -0.3 is 10.3 Å². The van der Waals surface area contributed by atoms with Crippen LogP contribution in [0.25, 0.3) is 11.4 Å². The van der Waals surface area contributed by atoms with Crippen molar-refractivity contribution in [2.45, 2.75) is 26.3 Å². The van der Waals surface area contributed by atoms with Crippen molar-refractivity contribution in [2.75, 3.05) is 16.9 Å². The molecule has 0 amide bonds. The number of rotatable bonds is 3. The van der Waals surface area contributed by atoms with Gasteiger partial charge in [0, 0.05) is 24.2 Å². The number of nitrogens with one attached hydrogen (secondary N) is 1. The van der Waals surface area contributed by atoms with E-state index in [1.165, 1.54) is 6.42 Å². The molecule has 0 radical (unpaired) electrons. The molecular formula is C16H21N5. The number of aromatic nitrogens is 2. The molecule has 1 saturated heterocycles. The highest BCUT2D eigenvalue weighted by molar-refractivity contribution is 5.62. The summed E-state index contributed by atoms with van der Waals surface area (Å²) in [4.78, 5) is 11.5. The van der Waals surface area contributed by atoms with E-state index in [9.17, 15) is 0 Å². The summed E-state index contributed by atoms with van der Waals surface area (Å²) in [6, 6.07) is 12.4. The predicted molar refractivity (Wildman–Crippen MR) is 85.9 cm³/mol. The zero-order valence-corrected chi connectivity index (χ0v) is 12.5. The fraction of sp³-hybridized carbons (Fsp3) is 0.375. The van der Waals surface area contributed by atoms with Crippen molar-refractivity contribution in [1.82, 2.24) is 9.97 Å². The van der Waals surface area contributed by atoms with Gasteiger partial charge in [-0.1, -0.05) is 37.3 Å². The first-order valence-electron chi connectivity index (χ1n) is 7.35. The number of anilines is 2. The number of nitrogens with zero attached hydrogens (tertiary/aromatic N) is 3. The Morgan fingerprint density at radius 1 is 1.19 bits per heavy atom. The van der Waals surface area contributed by atoms with Crippen molar-refractivity contribution >= 4 is 11.6 Å². The average molecular weight is 283 g/mol. The minimum atomic E-state index is 0.490. The molecule has 2 unspecified atom stereocenters. The van der Waals surface area contributed by atoms with Crippen LogP contribution >= 0.6 is 0 Å². The van der Waals surface area contributed by atoms with E-state index in [0.717, 1.165) is 17.9 Å². The Morgan fingerprint density at radius 3 is 2.57 bits per heavy atom. The molecule has 110 valence electrons. The van der Waals surface area contributed by atoms with Gasteiger partial charge in [0.2, 0.25) is 0 Å². The van der Waals surface area contributed by atoms with E-state index in [1.54, 1.807) is 0 Å². The number of hydrogen-bond acceptors (Lipinski definition) is 5. The van der Waals surface area contributed by atoms with Crippen LogP contribution in [0.1, 0.15) is 20.3 Å². The van der Waals surface area contributed by atoms with Gasteiger partial charge in [-0.3, -0.25) is 0 Å². The number of nitrogen functional groups attached to an aromatic ring is 1. The zero-order valence-electron chi connectivity index (χ0n) is 12.5. The third-order valence-electron chi connectivity index (χ3n) is 3.97. The maximum absolute atomic E-state index is 5.57. The lowest BCUT2D eigenvalue weighted by atomic mass is 10.1. The minimum absolute atomic E-state index is 0.490. The molecular weight excluding hydrogens is 262 g/mol. The van der Waals surface area contributed by atoms with E-state index in [1.807, 2.05) is 36.4 Å². The summed E-state index contributed by atoms with van der Waals surface area (Å²) in [5, 5.41) is 0. The lowest BCUT2D eigenvalue weighted by Crippen LogP contribution is -2.28. The lowest BCUT2D eigenvalue weighted by molar-refractivity contribution is 0.625. The molecule has 0 spiro atoms. The van der Waals surface area contributed by atoms with Gasteiger partial charge in [-0.15, -0.1) is 0 Å². The molecule has 1 aliphatic heterocycles. The number of hydrogen-bond donors (Lipinski definition) is 2. The molecule has 2 atom stereocenters. The largest absolute Gasteiger partial charge is 0.353 e. The van der Waals surface area contributed by atoms with Crippen molar-refractivity contribution in [1.29, 1.82) is 0 Å². The molecule has 3 rings (SSSR count). The van der Waals surface area contributed by atoms with Gasteiger partial charge in [0.1, 0.15) is 11.6 Å². The molecule has 0 saturated carbocycles. The highest BCUT2D eigenvalue weighted by Gasteiger charge is 2.27. The van der Waals surface area contributed by atoms with Gasteiger partial charge in [0.15, 0.2) is 5.82 Å². The maximum atomic E-state index is 5.57. The van der Waals surface area contributed by atoms with Crippen molar-refractivity contribution in [3.63, 3.8) is 0 Å². The van der Waals surface area contributed by atoms with Crippen LogP contribution in [-0.2, 0) is 0 Å². The van der Waals surface area contributed by atoms with Crippen LogP contribution < -0.4 is 16.2 Å². The van der Waals surface area contributed by atoms with Crippen LogP contribution in [-0.4, -0.2) is 22.6 Å². The molecule has 5 nitrogen and oxygen atoms in total. The third kappa shape index (κ3) is 2.83. The van der Waals surface area contributed by atoms with Crippen molar-refractivity contribution in [3.8, 4) is 11.4 Å². The van der Waals surface area contributed by atoms with E-state index in [4.69, 9.17) is 10.8 Å². The summed E-state index contributed by atoms with van der Waals surface area (Å²) < 4.78 is 0. The fourth-order valence-corrected chi connectivity index (χ4v) is 2.99. The quantitative estimate of drug-likeness (QED) is 0.669. The molecule has 1 aromatic carbocycles. The van der Waals surface area contributed by atoms with E-state index in [2.05, 4.69) is 29.2 Å². The first-order chi connectivity index (χ1) is 10.2. The monoisotopic (exact) mass is 283 g/mol. The standard InChI is InChI=1S/C16H21N5/c1-11-8-12(2)21(10-11)15-9-14(20-17)18-16(19-15)13-6-4-3-5-7-13/h3-7,9,11-12H,8,10,17H2,1-2H3,(H,18,19,20). The smallest absolute Gasteiger partial charge is 0.163 e. The van der Waals surface area contributed by atoms with Gasteiger partial charge in [0.25, 0.3) is 0 Å². The van der Waals surface area contributed by atoms with Crippen LogP contribution in [0.15, 0.2) is 36.4 Å². The SMILES string of the molecule is CC1CC(C)N(c2cc(NN)nc(-c3ccccc3)n2)C1. The average Bonchev–Trinajstić information content (AvgIpc) is 2.86. The molecule has 2 aromatic rings. The normalized spacial score (nSPS) is 21.6. The Morgan fingerprint density at radius 2 is 1.95 bits per heavy atom. The number of nitrogens with two attached hydrogens (primary N) is 1. The first-order valence-corrected chi connectivity index (χ1v) is 7.35. The Balaban J connectivity index is 2.02. The molecule has 0 bridgehead atoms. The summed E-state index contributed by atoms with van der Waals surface area (Å²) >= 11 is 0. The van der Waals surface area contributed by atoms with E-state index < -0.39 is 0 Å². The number of hydrazine groups is 1. The fourth-order valence-electron chi connectivity index (χ4n) is 2.99. The topological polar surface area (TPSA) is 67.1 Å². The van der Waals surface area contributed by atoms with Crippen LogP contribution in [0, 0.1) is 5.92 Å². The van der Waals surface area contributed by atoms with Gasteiger partial charge in [0.05, 0.1) is 0 Å². The molecule has 5 heteroatoms. The summed E-state index contributed by atoms with van der Waals surface area (Å²) in [6.45, 7) is 5.54. The highest BCUT2D eigenvalue weighted by Crippen LogP contribution is 2.30. The number of benzene rings is 1. The van der Waals surface area contributed by atoms with Crippen LogP contribution in [0.4, 0.5) is 11.6 Å². The lowest BCUT2D eigenvalue weighted by Gasteiger charge is -2.23. The molecule has 21 heavy (non-hydrogen) atoms. The van der Waals surface area contributed by atoms with Crippen LogP contribution in [0.5, 0.6) is 0 Å². The van der Waals surface area contributed by atoms with E-state index >= 15 is 0 Å². The first kappa shape index (κ1) is 13.8. The molecule has 1 fully saturated rings. The van der Waals surface area contributed by atoms with Gasteiger partial charge in [-0.2, -0.15) is 0 Å². The van der Waals surface area contributed by atoms with Gasteiger partial charge in [-0.05, 0) is 19.3 Å². The van der Waals surface area contributed by atoms with Crippen molar-refractivity contribution < 1.29 is 0 Å². The van der Waals surface area contributed by atoms with E-state index in [-0.39, 0.29) is 0 Å². The Kier molecular flexibility index (Phi) is 3.75.